The van der Waals surface area contributed by atoms with Gasteiger partial charge in [0.25, 0.3) is 20.2 Å². The molecule has 2 aliphatic rings. The van der Waals surface area contributed by atoms with E-state index < -0.39 is 42.6 Å². The summed E-state index contributed by atoms with van der Waals surface area (Å²) >= 11 is 0. The van der Waals surface area contributed by atoms with Gasteiger partial charge in [-0.05, 0) is 18.4 Å². The van der Waals surface area contributed by atoms with E-state index in [2.05, 4.69) is 8.37 Å². The quantitative estimate of drug-likeness (QED) is 0.581. The Kier molecular flexibility index (Phi) is 4.51. The summed E-state index contributed by atoms with van der Waals surface area (Å²) in [6.07, 6.45) is -0.995. The van der Waals surface area contributed by atoms with Gasteiger partial charge in [0, 0.05) is 5.56 Å². The lowest BCUT2D eigenvalue weighted by atomic mass is 10.00. The van der Waals surface area contributed by atoms with Crippen molar-refractivity contribution >= 4 is 26.0 Å². The summed E-state index contributed by atoms with van der Waals surface area (Å²) < 4.78 is 55.8. The van der Waals surface area contributed by atoms with Gasteiger partial charge in [-0.1, -0.05) is 24.3 Å². The standard InChI is InChI=1S/C14H16O8S2/c15-13(11-5-7-21-23(11,17)18)9-1-2-10(4-3-9)14(16)12-6-8-22-24(12,19)20/h1-4,11-13,15H,5-8H2. The van der Waals surface area contributed by atoms with Crippen LogP contribution in [0.25, 0.3) is 0 Å². The maximum atomic E-state index is 12.3. The second kappa shape index (κ2) is 6.19. The van der Waals surface area contributed by atoms with Gasteiger partial charge in [-0.3, -0.25) is 13.2 Å². The van der Waals surface area contributed by atoms with Crippen LogP contribution >= 0.6 is 0 Å². The van der Waals surface area contributed by atoms with Crippen LogP contribution in [0.1, 0.15) is 34.9 Å². The fourth-order valence-electron chi connectivity index (χ4n) is 2.83. The smallest absolute Gasteiger partial charge is 0.277 e. The van der Waals surface area contributed by atoms with Gasteiger partial charge in [0.2, 0.25) is 0 Å². The first-order valence-electron chi connectivity index (χ1n) is 7.31. The maximum absolute atomic E-state index is 12.3. The Morgan fingerprint density at radius 1 is 1.00 bits per heavy atom. The van der Waals surface area contributed by atoms with Crippen molar-refractivity contribution in [1.82, 2.24) is 0 Å². The predicted molar refractivity (Wildman–Crippen MR) is 82.3 cm³/mol. The number of carbonyl (C=O) groups excluding carboxylic acids is 1. The summed E-state index contributed by atoms with van der Waals surface area (Å²) in [5.41, 5.74) is 0.478. The molecule has 0 aliphatic carbocycles. The molecule has 1 N–H and O–H groups in total. The molecule has 8 nitrogen and oxygen atoms in total. The van der Waals surface area contributed by atoms with Crippen molar-refractivity contribution in [2.45, 2.75) is 29.4 Å². The zero-order chi connectivity index (χ0) is 17.5. The molecule has 0 bridgehead atoms. The Labute approximate surface area is 139 Å². The number of Topliss-reactive ketones (excluding diaryl/α,β-unsaturated/α-hetero) is 1. The highest BCUT2D eigenvalue weighted by atomic mass is 32.2. The van der Waals surface area contributed by atoms with Gasteiger partial charge in [-0.2, -0.15) is 16.8 Å². The van der Waals surface area contributed by atoms with Gasteiger partial charge >= 0.3 is 0 Å². The van der Waals surface area contributed by atoms with Crippen LogP contribution in [0.4, 0.5) is 0 Å². The average Bonchev–Trinajstić information content (AvgIpc) is 3.07. The van der Waals surface area contributed by atoms with E-state index in [9.17, 15) is 26.7 Å². The predicted octanol–water partition coefficient (Wildman–Crippen LogP) is 0.140. The largest absolute Gasteiger partial charge is 0.387 e. The minimum absolute atomic E-state index is 0.0188. The van der Waals surface area contributed by atoms with E-state index >= 15 is 0 Å². The minimum atomic E-state index is -3.88. The summed E-state index contributed by atoms with van der Waals surface area (Å²) in [5.74, 6) is -0.578. The third-order valence-corrected chi connectivity index (χ3v) is 7.55. The van der Waals surface area contributed by atoms with Crippen molar-refractivity contribution in [2.24, 2.45) is 0 Å². The van der Waals surface area contributed by atoms with Crippen molar-refractivity contribution in [2.75, 3.05) is 13.2 Å². The van der Waals surface area contributed by atoms with Gasteiger partial charge in [0.15, 0.2) is 11.0 Å². The Morgan fingerprint density at radius 3 is 2.08 bits per heavy atom. The zero-order valence-electron chi connectivity index (χ0n) is 12.5. The number of aliphatic hydroxyl groups is 1. The van der Waals surface area contributed by atoms with Crippen LogP contribution in [-0.4, -0.2) is 51.4 Å². The first-order chi connectivity index (χ1) is 11.2. The Balaban J connectivity index is 1.80. The third kappa shape index (κ3) is 3.11. The second-order valence-corrected chi connectivity index (χ2v) is 9.28. The molecule has 2 aliphatic heterocycles. The summed E-state index contributed by atoms with van der Waals surface area (Å²) in [5, 5.41) is 7.94. The molecule has 132 valence electrons. The van der Waals surface area contributed by atoms with E-state index in [4.69, 9.17) is 0 Å². The van der Waals surface area contributed by atoms with Gasteiger partial charge in [0.05, 0.1) is 19.3 Å². The highest BCUT2D eigenvalue weighted by Gasteiger charge is 2.40. The summed E-state index contributed by atoms with van der Waals surface area (Å²) in [4.78, 5) is 12.3. The summed E-state index contributed by atoms with van der Waals surface area (Å²) in [7, 11) is -7.69. The average molecular weight is 376 g/mol. The molecule has 0 spiro atoms. The molecule has 1 aromatic rings. The number of hydrogen-bond acceptors (Lipinski definition) is 8. The lowest BCUT2D eigenvalue weighted by Crippen LogP contribution is -2.26. The SMILES string of the molecule is O=C(c1ccc(C(O)C2CCOS2(=O)=O)cc1)C1CCOS1(=O)=O. The number of carbonyl (C=O) groups is 1. The first-order valence-corrected chi connectivity index (χ1v) is 10.3. The number of rotatable bonds is 4. The number of benzene rings is 1. The van der Waals surface area contributed by atoms with E-state index in [-0.39, 0.29) is 31.6 Å². The van der Waals surface area contributed by atoms with E-state index in [1.54, 1.807) is 0 Å². The Hall–Kier alpha value is -1.33. The van der Waals surface area contributed by atoms with E-state index in [1.807, 2.05) is 0 Å². The van der Waals surface area contributed by atoms with Crippen molar-refractivity contribution in [3.63, 3.8) is 0 Å². The molecule has 2 saturated heterocycles. The van der Waals surface area contributed by atoms with Crippen molar-refractivity contribution in [3.8, 4) is 0 Å². The molecule has 0 aromatic heterocycles. The van der Waals surface area contributed by atoms with E-state index in [0.717, 1.165) is 0 Å². The maximum Gasteiger partial charge on any atom is 0.277 e. The highest BCUT2D eigenvalue weighted by Crippen LogP contribution is 2.30. The number of ketones is 1. The fraction of sp³-hybridized carbons (Fsp3) is 0.500. The van der Waals surface area contributed by atoms with Crippen LogP contribution in [0.3, 0.4) is 0 Å². The van der Waals surface area contributed by atoms with E-state index in [1.165, 1.54) is 24.3 Å². The highest BCUT2D eigenvalue weighted by molar-refractivity contribution is 7.88. The molecule has 2 fully saturated rings. The van der Waals surface area contributed by atoms with Crippen LogP contribution < -0.4 is 0 Å². The second-order valence-electron chi connectivity index (χ2n) is 5.67. The van der Waals surface area contributed by atoms with Crippen LogP contribution in [0.2, 0.25) is 0 Å². The fourth-order valence-corrected chi connectivity index (χ4v) is 5.47. The molecular weight excluding hydrogens is 360 g/mol. The van der Waals surface area contributed by atoms with Crippen LogP contribution in [-0.2, 0) is 28.6 Å². The molecule has 0 amide bonds. The van der Waals surface area contributed by atoms with Gasteiger partial charge in [0.1, 0.15) is 5.25 Å². The zero-order valence-corrected chi connectivity index (χ0v) is 14.1. The molecule has 3 atom stereocenters. The summed E-state index contributed by atoms with van der Waals surface area (Å²) in [6, 6.07) is 5.57. The third-order valence-electron chi connectivity index (χ3n) is 4.18. The molecule has 3 unspecified atom stereocenters. The topological polar surface area (TPSA) is 124 Å². The number of aliphatic hydroxyl groups excluding tert-OH is 1. The molecule has 10 heteroatoms. The molecular formula is C14H16O8S2. The Morgan fingerprint density at radius 2 is 1.58 bits per heavy atom. The van der Waals surface area contributed by atoms with Crippen molar-refractivity contribution in [3.05, 3.63) is 35.4 Å². The molecule has 2 heterocycles. The van der Waals surface area contributed by atoms with Gasteiger partial charge < -0.3 is 5.11 Å². The van der Waals surface area contributed by atoms with Crippen LogP contribution in [0, 0.1) is 0 Å². The van der Waals surface area contributed by atoms with Crippen molar-refractivity contribution in [1.29, 1.82) is 0 Å². The van der Waals surface area contributed by atoms with Crippen molar-refractivity contribution < 1.29 is 35.1 Å². The number of hydrogen-bond donors (Lipinski definition) is 1. The lowest BCUT2D eigenvalue weighted by Gasteiger charge is -2.16. The van der Waals surface area contributed by atoms with Crippen LogP contribution in [0.15, 0.2) is 24.3 Å². The lowest BCUT2D eigenvalue weighted by molar-refractivity contribution is 0.0986. The minimum Gasteiger partial charge on any atom is -0.387 e. The Bertz CT molecular complexity index is 841. The van der Waals surface area contributed by atoms with Gasteiger partial charge in [-0.15, -0.1) is 0 Å². The normalized spacial score (nSPS) is 29.4. The molecule has 24 heavy (non-hydrogen) atoms. The molecule has 0 saturated carbocycles. The monoisotopic (exact) mass is 376 g/mol. The first kappa shape index (κ1) is 17.5. The van der Waals surface area contributed by atoms with E-state index in [0.29, 0.717) is 5.56 Å². The van der Waals surface area contributed by atoms with Gasteiger partial charge in [-0.25, -0.2) is 0 Å². The van der Waals surface area contributed by atoms with Crippen LogP contribution in [0.5, 0.6) is 0 Å². The molecule has 3 rings (SSSR count). The molecule has 1 aromatic carbocycles. The summed E-state index contributed by atoms with van der Waals surface area (Å²) in [6.45, 7) is 0.00917. The molecule has 0 radical (unpaired) electrons.